The van der Waals surface area contributed by atoms with E-state index < -0.39 is 0 Å². The van der Waals surface area contributed by atoms with Gasteiger partial charge in [-0.15, -0.1) is 11.6 Å². The highest BCUT2D eigenvalue weighted by Gasteiger charge is 2.19. The Morgan fingerprint density at radius 3 is 3.00 bits per heavy atom. The molecule has 2 heterocycles. The molecule has 7 heteroatoms. The van der Waals surface area contributed by atoms with Crippen LogP contribution in [-0.2, 0) is 12.4 Å². The van der Waals surface area contributed by atoms with Crippen LogP contribution in [0.25, 0.3) is 11.0 Å². The topological polar surface area (TPSA) is 17.8 Å². The number of rotatable bonds is 3. The Balaban J connectivity index is 2.00. The minimum absolute atomic E-state index is 0.286. The average molecular weight is 396 g/mol. The zero-order chi connectivity index (χ0) is 14.1. The lowest BCUT2D eigenvalue weighted by atomic mass is 10.3. The first-order valence-electron chi connectivity index (χ1n) is 6.28. The molecule has 0 spiro atoms. The molecule has 0 aliphatic carbocycles. The number of alkyl halides is 1. The first-order valence-corrected chi connectivity index (χ1v) is 9.81. The quantitative estimate of drug-likeness (QED) is 0.711. The lowest BCUT2D eigenvalue weighted by Gasteiger charge is -2.22. The van der Waals surface area contributed by atoms with Crippen molar-refractivity contribution in [3.8, 4) is 0 Å². The Morgan fingerprint density at radius 2 is 2.30 bits per heavy atom. The smallest absolute Gasteiger partial charge is 0.139 e. The van der Waals surface area contributed by atoms with Gasteiger partial charge in [-0.25, -0.2) is 9.37 Å². The Labute approximate surface area is 139 Å². The fraction of sp³-hybridized carbons (Fsp3) is 0.462. The Kier molecular flexibility index (Phi) is 4.85. The molecule has 1 aliphatic heterocycles. The van der Waals surface area contributed by atoms with Crippen LogP contribution in [0.1, 0.15) is 5.82 Å². The van der Waals surface area contributed by atoms with Crippen LogP contribution in [0.15, 0.2) is 16.6 Å². The molecule has 1 saturated heterocycles. The highest BCUT2D eigenvalue weighted by atomic mass is 79.9. The maximum Gasteiger partial charge on any atom is 0.139 e. The predicted molar refractivity (Wildman–Crippen MR) is 90.5 cm³/mol. The molecule has 1 aliphatic rings. The van der Waals surface area contributed by atoms with Crippen molar-refractivity contribution in [3.05, 3.63) is 28.2 Å². The van der Waals surface area contributed by atoms with Crippen LogP contribution in [-0.4, -0.2) is 32.1 Å². The molecule has 3 rings (SSSR count). The van der Waals surface area contributed by atoms with Gasteiger partial charge >= 0.3 is 0 Å². The van der Waals surface area contributed by atoms with Gasteiger partial charge in [0.2, 0.25) is 0 Å². The summed E-state index contributed by atoms with van der Waals surface area (Å²) in [5.74, 6) is 4.44. The van der Waals surface area contributed by atoms with Crippen molar-refractivity contribution in [2.45, 2.75) is 17.7 Å². The summed E-state index contributed by atoms with van der Waals surface area (Å²) in [7, 11) is 0. The van der Waals surface area contributed by atoms with Gasteiger partial charge in [0.05, 0.1) is 21.4 Å². The van der Waals surface area contributed by atoms with Gasteiger partial charge in [-0.2, -0.15) is 23.5 Å². The molecule has 1 fully saturated rings. The summed E-state index contributed by atoms with van der Waals surface area (Å²) in [6.45, 7) is 0.883. The van der Waals surface area contributed by atoms with Gasteiger partial charge < -0.3 is 4.57 Å². The second-order valence-electron chi connectivity index (χ2n) is 4.60. The molecule has 108 valence electrons. The van der Waals surface area contributed by atoms with Crippen LogP contribution in [0.4, 0.5) is 4.39 Å². The third kappa shape index (κ3) is 2.98. The number of nitrogens with zero attached hydrogens (tertiary/aromatic N) is 2. The normalized spacial score (nSPS) is 19.6. The molecule has 20 heavy (non-hydrogen) atoms. The summed E-state index contributed by atoms with van der Waals surface area (Å²) in [4.78, 5) is 4.45. The van der Waals surface area contributed by atoms with E-state index in [-0.39, 0.29) is 5.82 Å². The monoisotopic (exact) mass is 394 g/mol. The maximum absolute atomic E-state index is 13.6. The highest BCUT2D eigenvalue weighted by Crippen LogP contribution is 2.29. The summed E-state index contributed by atoms with van der Waals surface area (Å²) >= 11 is 13.2. The van der Waals surface area contributed by atoms with Crippen molar-refractivity contribution in [2.24, 2.45) is 0 Å². The van der Waals surface area contributed by atoms with Gasteiger partial charge in [0.25, 0.3) is 0 Å². The molecule has 0 amide bonds. The van der Waals surface area contributed by atoms with Crippen LogP contribution < -0.4 is 0 Å². The van der Waals surface area contributed by atoms with E-state index in [1.54, 1.807) is 6.07 Å². The lowest BCUT2D eigenvalue weighted by molar-refractivity contribution is 0.622. The number of imidazole rings is 1. The second kappa shape index (κ2) is 6.46. The summed E-state index contributed by atoms with van der Waals surface area (Å²) < 4.78 is 16.2. The summed E-state index contributed by atoms with van der Waals surface area (Å²) in [5.41, 5.74) is 1.62. The first kappa shape index (κ1) is 15.0. The zero-order valence-electron chi connectivity index (χ0n) is 10.6. The van der Waals surface area contributed by atoms with Crippen LogP contribution in [0.5, 0.6) is 0 Å². The van der Waals surface area contributed by atoms with Gasteiger partial charge in [0, 0.05) is 35.1 Å². The molecule has 2 aromatic rings. The summed E-state index contributed by atoms with van der Waals surface area (Å²) in [6.07, 6.45) is 0. The molecule has 0 bridgehead atoms. The SMILES string of the molecule is Fc1cc2nc(CCl)n(CC3CSCCS3)c2cc1Br. The van der Waals surface area contributed by atoms with Crippen LogP contribution in [0.3, 0.4) is 0 Å². The number of aromatic nitrogens is 2. The number of fused-ring (bicyclic) bond motifs is 1. The molecular formula is C13H13BrClFN2S2. The van der Waals surface area contributed by atoms with E-state index in [4.69, 9.17) is 11.6 Å². The third-order valence-corrected chi connectivity index (χ3v) is 6.93. The molecule has 1 unspecified atom stereocenters. The van der Waals surface area contributed by atoms with Gasteiger partial charge in [-0.05, 0) is 22.0 Å². The average Bonchev–Trinajstić information content (AvgIpc) is 2.78. The van der Waals surface area contributed by atoms with Crippen LogP contribution in [0, 0.1) is 5.82 Å². The third-order valence-electron chi connectivity index (χ3n) is 3.26. The van der Waals surface area contributed by atoms with E-state index in [1.807, 2.05) is 23.5 Å². The number of hydrogen-bond acceptors (Lipinski definition) is 3. The van der Waals surface area contributed by atoms with Gasteiger partial charge in [-0.3, -0.25) is 0 Å². The summed E-state index contributed by atoms with van der Waals surface area (Å²) in [6, 6.07) is 3.27. The van der Waals surface area contributed by atoms with Crippen molar-refractivity contribution in [2.75, 3.05) is 17.3 Å². The number of benzene rings is 1. The van der Waals surface area contributed by atoms with E-state index >= 15 is 0 Å². The Morgan fingerprint density at radius 1 is 1.45 bits per heavy atom. The predicted octanol–water partition coefficient (Wildman–Crippen LogP) is 4.53. The number of hydrogen-bond donors (Lipinski definition) is 0. The first-order chi connectivity index (χ1) is 9.69. The fourth-order valence-corrected chi connectivity index (χ4v) is 5.51. The maximum atomic E-state index is 13.6. The minimum atomic E-state index is -0.286. The number of halogens is 3. The van der Waals surface area contributed by atoms with Crippen LogP contribution in [0.2, 0.25) is 0 Å². The standard InChI is InChI=1S/C13H13BrClFN2S2/c14-9-3-12-11(4-10(9)16)17-13(5-15)18(12)6-8-7-19-1-2-20-8/h3-4,8H,1-2,5-7H2. The van der Waals surface area contributed by atoms with E-state index in [1.165, 1.54) is 17.6 Å². The van der Waals surface area contributed by atoms with E-state index in [0.717, 1.165) is 23.6 Å². The van der Waals surface area contributed by atoms with Gasteiger partial charge in [0.15, 0.2) is 0 Å². The minimum Gasteiger partial charge on any atom is -0.326 e. The van der Waals surface area contributed by atoms with E-state index in [0.29, 0.717) is 21.1 Å². The highest BCUT2D eigenvalue weighted by molar-refractivity contribution is 9.10. The van der Waals surface area contributed by atoms with Gasteiger partial charge in [-0.1, -0.05) is 0 Å². The van der Waals surface area contributed by atoms with Gasteiger partial charge in [0.1, 0.15) is 11.6 Å². The molecule has 0 radical (unpaired) electrons. The molecule has 1 aromatic carbocycles. The number of thioether (sulfide) groups is 2. The van der Waals surface area contributed by atoms with Crippen molar-refractivity contribution < 1.29 is 4.39 Å². The van der Waals surface area contributed by atoms with Crippen molar-refractivity contribution in [1.82, 2.24) is 9.55 Å². The fourth-order valence-electron chi connectivity index (χ4n) is 2.32. The molecule has 1 atom stereocenters. The Hall–Kier alpha value is 0.0900. The summed E-state index contributed by atoms with van der Waals surface area (Å²) in [5, 5.41) is 0.567. The second-order valence-corrected chi connectivity index (χ2v) is 8.27. The van der Waals surface area contributed by atoms with E-state index in [9.17, 15) is 4.39 Å². The molecule has 2 nitrogen and oxygen atoms in total. The lowest BCUT2D eigenvalue weighted by Crippen LogP contribution is -2.21. The Bertz CT molecular complexity index is 628. The molecule has 1 aromatic heterocycles. The molecule has 0 N–H and O–H groups in total. The molecule has 0 saturated carbocycles. The largest absolute Gasteiger partial charge is 0.326 e. The molecular weight excluding hydrogens is 383 g/mol. The van der Waals surface area contributed by atoms with Crippen molar-refractivity contribution in [1.29, 1.82) is 0 Å². The van der Waals surface area contributed by atoms with Crippen molar-refractivity contribution in [3.63, 3.8) is 0 Å². The van der Waals surface area contributed by atoms with Crippen LogP contribution >= 0.6 is 51.1 Å². The zero-order valence-corrected chi connectivity index (χ0v) is 14.6. The van der Waals surface area contributed by atoms with E-state index in [2.05, 4.69) is 25.5 Å². The van der Waals surface area contributed by atoms with Crippen molar-refractivity contribution >= 4 is 62.1 Å².